The van der Waals surface area contributed by atoms with E-state index in [9.17, 15) is 0 Å². The van der Waals surface area contributed by atoms with Crippen LogP contribution in [0, 0.1) is 20.8 Å². The number of aryl methyl sites for hydroxylation is 3. The van der Waals surface area contributed by atoms with Crippen LogP contribution in [0.2, 0.25) is 0 Å². The summed E-state index contributed by atoms with van der Waals surface area (Å²) in [5.41, 5.74) is 4.25. The Kier molecular flexibility index (Phi) is 3.23. The Bertz CT molecular complexity index is 429. The first kappa shape index (κ1) is 10.7. The minimum atomic E-state index is 0.935. The van der Waals surface area contributed by atoms with Crippen LogP contribution in [0.1, 0.15) is 30.8 Å². The highest BCUT2D eigenvalue weighted by Crippen LogP contribution is 2.09. The summed E-state index contributed by atoms with van der Waals surface area (Å²) in [6.45, 7) is 10.0. The van der Waals surface area contributed by atoms with Gasteiger partial charge in [0.25, 0.3) is 0 Å². The molecule has 0 spiro atoms. The van der Waals surface area contributed by atoms with Gasteiger partial charge in [-0.25, -0.2) is 9.50 Å². The lowest BCUT2D eigenvalue weighted by Gasteiger charge is -1.94. The molecule has 3 nitrogen and oxygen atoms in total. The number of hydrogen-bond donors (Lipinski definition) is 0. The van der Waals surface area contributed by atoms with E-state index < -0.39 is 0 Å². The van der Waals surface area contributed by atoms with Gasteiger partial charge in [0, 0.05) is 0 Å². The second kappa shape index (κ2) is 4.22. The van der Waals surface area contributed by atoms with Gasteiger partial charge < -0.3 is 0 Å². The van der Waals surface area contributed by atoms with Crippen LogP contribution in [0.3, 0.4) is 0 Å². The summed E-state index contributed by atoms with van der Waals surface area (Å²) in [4.78, 5) is 4.37. The summed E-state index contributed by atoms with van der Waals surface area (Å²) in [6, 6.07) is 2.03. The van der Waals surface area contributed by atoms with Gasteiger partial charge in [-0.15, -0.1) is 0 Å². The van der Waals surface area contributed by atoms with Crippen LogP contribution in [0.25, 0.3) is 5.65 Å². The highest BCUT2D eigenvalue weighted by Gasteiger charge is 2.03. The van der Waals surface area contributed by atoms with Gasteiger partial charge in [-0.1, -0.05) is 13.8 Å². The van der Waals surface area contributed by atoms with Crippen LogP contribution in [0.4, 0.5) is 0 Å². The van der Waals surface area contributed by atoms with Crippen molar-refractivity contribution in [1.29, 1.82) is 0 Å². The van der Waals surface area contributed by atoms with Gasteiger partial charge in [-0.3, -0.25) is 0 Å². The molecule has 0 aliphatic carbocycles. The number of aromatic nitrogens is 3. The third-order valence-corrected chi connectivity index (χ3v) is 2.07. The molecule has 0 amide bonds. The molecule has 2 aromatic rings. The summed E-state index contributed by atoms with van der Waals surface area (Å²) in [7, 11) is 0. The van der Waals surface area contributed by atoms with E-state index in [1.807, 2.05) is 51.4 Å². The van der Waals surface area contributed by atoms with Crippen LogP contribution >= 0.6 is 0 Å². The van der Waals surface area contributed by atoms with Crippen molar-refractivity contribution in [1.82, 2.24) is 14.6 Å². The van der Waals surface area contributed by atoms with E-state index in [2.05, 4.69) is 10.1 Å². The molecule has 0 bridgehead atoms. The maximum atomic E-state index is 4.37. The molecule has 0 aliphatic heterocycles. The van der Waals surface area contributed by atoms with E-state index in [4.69, 9.17) is 0 Å². The van der Waals surface area contributed by atoms with Crippen LogP contribution in [-0.4, -0.2) is 14.6 Å². The van der Waals surface area contributed by atoms with E-state index >= 15 is 0 Å². The zero-order chi connectivity index (χ0) is 10.7. The first-order valence-electron chi connectivity index (χ1n) is 4.97. The van der Waals surface area contributed by atoms with Gasteiger partial charge in [-0.2, -0.15) is 5.10 Å². The summed E-state index contributed by atoms with van der Waals surface area (Å²) in [6.07, 6.45) is 1.85. The molecule has 0 aliphatic rings. The van der Waals surface area contributed by atoms with E-state index in [-0.39, 0.29) is 0 Å². The summed E-state index contributed by atoms with van der Waals surface area (Å²) in [5, 5.41) is 4.26. The predicted octanol–water partition coefficient (Wildman–Crippen LogP) is 2.68. The molecular formula is C11H17N3. The van der Waals surface area contributed by atoms with Gasteiger partial charge in [-0.05, 0) is 32.4 Å². The molecule has 2 rings (SSSR count). The molecule has 76 valence electrons. The molecule has 14 heavy (non-hydrogen) atoms. The van der Waals surface area contributed by atoms with Gasteiger partial charge in [0.05, 0.1) is 17.6 Å². The lowest BCUT2D eigenvalue weighted by Crippen LogP contribution is -1.93. The van der Waals surface area contributed by atoms with Crippen molar-refractivity contribution in [3.63, 3.8) is 0 Å². The molecule has 0 fully saturated rings. The Labute approximate surface area is 84.8 Å². The van der Waals surface area contributed by atoms with Gasteiger partial charge >= 0.3 is 0 Å². The van der Waals surface area contributed by atoms with Crippen molar-refractivity contribution in [3.05, 3.63) is 29.2 Å². The fourth-order valence-electron chi connectivity index (χ4n) is 1.25. The fourth-order valence-corrected chi connectivity index (χ4v) is 1.25. The van der Waals surface area contributed by atoms with Crippen LogP contribution < -0.4 is 0 Å². The molecule has 0 radical (unpaired) electrons. The van der Waals surface area contributed by atoms with Gasteiger partial charge in [0.2, 0.25) is 0 Å². The van der Waals surface area contributed by atoms with E-state index in [0.29, 0.717) is 0 Å². The van der Waals surface area contributed by atoms with E-state index in [1.165, 1.54) is 0 Å². The second-order valence-electron chi connectivity index (χ2n) is 3.09. The predicted molar refractivity (Wildman–Crippen MR) is 58.5 cm³/mol. The smallest absolute Gasteiger partial charge is 0.154 e. The number of imidazole rings is 1. The number of fused-ring (bicyclic) bond motifs is 1. The molecule has 0 atom stereocenters. The highest BCUT2D eigenvalue weighted by molar-refractivity contribution is 5.42. The number of nitrogens with zero attached hydrogens (tertiary/aromatic N) is 3. The third-order valence-electron chi connectivity index (χ3n) is 2.07. The standard InChI is InChI=1S/C9H11N3.C2H6/c1-6-4-9-11-7(2)8(3)12(9)10-5-6;1-2/h4-5H,1-3H3;1-2H3. The molecule has 2 aromatic heterocycles. The largest absolute Gasteiger partial charge is 0.232 e. The minimum Gasteiger partial charge on any atom is -0.232 e. The molecule has 0 saturated heterocycles. The van der Waals surface area contributed by atoms with Crippen molar-refractivity contribution in [2.75, 3.05) is 0 Å². The third kappa shape index (κ3) is 1.76. The Morgan fingerprint density at radius 3 is 2.43 bits per heavy atom. The Morgan fingerprint density at radius 1 is 1.14 bits per heavy atom. The zero-order valence-electron chi connectivity index (χ0n) is 9.50. The first-order valence-corrected chi connectivity index (χ1v) is 4.97. The Hall–Kier alpha value is -1.38. The fraction of sp³-hybridized carbons (Fsp3) is 0.455. The first-order chi connectivity index (χ1) is 6.68. The van der Waals surface area contributed by atoms with Crippen molar-refractivity contribution in [3.8, 4) is 0 Å². The average Bonchev–Trinajstić information content (AvgIpc) is 2.45. The number of rotatable bonds is 0. The highest BCUT2D eigenvalue weighted by atomic mass is 15.3. The Morgan fingerprint density at radius 2 is 1.79 bits per heavy atom. The lowest BCUT2D eigenvalue weighted by atomic mass is 10.3. The van der Waals surface area contributed by atoms with Gasteiger partial charge in [0.1, 0.15) is 0 Å². The zero-order valence-corrected chi connectivity index (χ0v) is 9.50. The quantitative estimate of drug-likeness (QED) is 0.641. The minimum absolute atomic E-state index is 0.935. The molecular weight excluding hydrogens is 174 g/mol. The topological polar surface area (TPSA) is 30.2 Å². The van der Waals surface area contributed by atoms with Crippen molar-refractivity contribution < 1.29 is 0 Å². The van der Waals surface area contributed by atoms with Crippen molar-refractivity contribution in [2.24, 2.45) is 0 Å². The maximum Gasteiger partial charge on any atom is 0.154 e. The Balaban J connectivity index is 0.000000461. The molecule has 0 N–H and O–H groups in total. The molecule has 2 heterocycles. The normalized spacial score (nSPS) is 9.79. The molecule has 0 unspecified atom stereocenters. The maximum absolute atomic E-state index is 4.37. The van der Waals surface area contributed by atoms with E-state index in [0.717, 1.165) is 22.6 Å². The summed E-state index contributed by atoms with van der Waals surface area (Å²) in [5.74, 6) is 0. The SMILES string of the molecule is CC.Cc1cnn2c(C)c(C)nc2c1. The monoisotopic (exact) mass is 191 g/mol. The summed E-state index contributed by atoms with van der Waals surface area (Å²) >= 11 is 0. The molecule has 0 aromatic carbocycles. The second-order valence-corrected chi connectivity index (χ2v) is 3.09. The summed E-state index contributed by atoms with van der Waals surface area (Å²) < 4.78 is 1.86. The average molecular weight is 191 g/mol. The van der Waals surface area contributed by atoms with Crippen LogP contribution in [0.5, 0.6) is 0 Å². The molecule has 0 saturated carbocycles. The number of hydrogen-bond acceptors (Lipinski definition) is 2. The van der Waals surface area contributed by atoms with Crippen LogP contribution in [0.15, 0.2) is 12.3 Å². The van der Waals surface area contributed by atoms with Crippen molar-refractivity contribution >= 4 is 5.65 Å². The van der Waals surface area contributed by atoms with Crippen molar-refractivity contribution in [2.45, 2.75) is 34.6 Å². The lowest BCUT2D eigenvalue weighted by molar-refractivity contribution is 0.888. The van der Waals surface area contributed by atoms with Gasteiger partial charge in [0.15, 0.2) is 5.65 Å². The molecule has 3 heteroatoms. The van der Waals surface area contributed by atoms with E-state index in [1.54, 1.807) is 0 Å². The van der Waals surface area contributed by atoms with Crippen LogP contribution in [-0.2, 0) is 0 Å².